The van der Waals surface area contributed by atoms with Crippen molar-refractivity contribution in [3.8, 4) is 0 Å². The molecule has 0 radical (unpaired) electrons. The Morgan fingerprint density at radius 2 is 1.54 bits per heavy atom. The number of hydrogen-bond donors (Lipinski definition) is 1. The standard InChI is InChI=1S/C21H20N2S/c1-14-12-20-16(15-8-4-5-9-17(15)22(20)2)13-19(14)23(3)18-10-6-7-11-21(18)24/h4-13,24H,1-3H3. The number of thiol groups is 1. The molecule has 0 aliphatic heterocycles. The average Bonchev–Trinajstić information content (AvgIpc) is 2.87. The summed E-state index contributed by atoms with van der Waals surface area (Å²) in [4.78, 5) is 3.20. The van der Waals surface area contributed by atoms with Crippen molar-refractivity contribution in [1.29, 1.82) is 0 Å². The molecule has 4 aromatic rings. The first-order chi connectivity index (χ1) is 11.6. The molecule has 0 aliphatic rings. The van der Waals surface area contributed by atoms with Gasteiger partial charge < -0.3 is 9.47 Å². The molecular formula is C21H20N2S. The maximum atomic E-state index is 4.61. The van der Waals surface area contributed by atoms with Crippen molar-refractivity contribution in [2.45, 2.75) is 11.8 Å². The smallest absolute Gasteiger partial charge is 0.0543 e. The van der Waals surface area contributed by atoms with Crippen LogP contribution >= 0.6 is 12.6 Å². The topological polar surface area (TPSA) is 8.17 Å². The fourth-order valence-electron chi connectivity index (χ4n) is 3.54. The molecule has 0 fully saturated rings. The molecule has 120 valence electrons. The molecule has 0 aliphatic carbocycles. The van der Waals surface area contributed by atoms with Crippen LogP contribution in [0, 0.1) is 6.92 Å². The maximum absolute atomic E-state index is 4.61. The van der Waals surface area contributed by atoms with Gasteiger partial charge in [0.05, 0.1) is 5.69 Å². The molecular weight excluding hydrogens is 312 g/mol. The van der Waals surface area contributed by atoms with Crippen molar-refractivity contribution in [2.75, 3.05) is 11.9 Å². The average molecular weight is 332 g/mol. The molecule has 24 heavy (non-hydrogen) atoms. The minimum absolute atomic E-state index is 0.984. The molecule has 0 bridgehead atoms. The third-order valence-electron chi connectivity index (χ3n) is 4.84. The Morgan fingerprint density at radius 1 is 0.833 bits per heavy atom. The van der Waals surface area contributed by atoms with E-state index in [4.69, 9.17) is 0 Å². The second kappa shape index (κ2) is 5.60. The van der Waals surface area contributed by atoms with Crippen LogP contribution in [0.5, 0.6) is 0 Å². The van der Waals surface area contributed by atoms with E-state index in [1.165, 1.54) is 33.1 Å². The van der Waals surface area contributed by atoms with Crippen molar-refractivity contribution >= 4 is 45.8 Å². The SMILES string of the molecule is Cc1cc2c(cc1N(C)c1ccccc1S)c1ccccc1n2C. The Kier molecular flexibility index (Phi) is 3.54. The summed E-state index contributed by atoms with van der Waals surface area (Å²) in [6.45, 7) is 2.17. The molecule has 3 heteroatoms. The van der Waals surface area contributed by atoms with Crippen LogP contribution in [0.4, 0.5) is 11.4 Å². The fraction of sp³-hybridized carbons (Fsp3) is 0.143. The van der Waals surface area contributed by atoms with E-state index in [9.17, 15) is 0 Å². The van der Waals surface area contributed by atoms with E-state index in [1.54, 1.807) is 0 Å². The zero-order valence-electron chi connectivity index (χ0n) is 14.1. The van der Waals surface area contributed by atoms with Crippen LogP contribution in [-0.2, 0) is 7.05 Å². The second-order valence-electron chi connectivity index (χ2n) is 6.28. The van der Waals surface area contributed by atoms with Gasteiger partial charge in [0.25, 0.3) is 0 Å². The lowest BCUT2D eigenvalue weighted by molar-refractivity contribution is 1.01. The predicted molar refractivity (Wildman–Crippen MR) is 107 cm³/mol. The first kappa shape index (κ1) is 15.2. The van der Waals surface area contributed by atoms with Gasteiger partial charge in [-0.3, -0.25) is 0 Å². The van der Waals surface area contributed by atoms with E-state index in [0.717, 1.165) is 10.6 Å². The summed E-state index contributed by atoms with van der Waals surface area (Å²) in [5, 5.41) is 2.58. The largest absolute Gasteiger partial charge is 0.344 e. The van der Waals surface area contributed by atoms with E-state index in [-0.39, 0.29) is 0 Å². The Morgan fingerprint density at radius 3 is 2.33 bits per heavy atom. The Labute approximate surface area is 147 Å². The number of para-hydroxylation sites is 2. The molecule has 3 aromatic carbocycles. The number of aryl methyl sites for hydroxylation is 2. The van der Waals surface area contributed by atoms with Gasteiger partial charge in [0, 0.05) is 46.5 Å². The Hall–Kier alpha value is -2.39. The summed E-state index contributed by atoms with van der Waals surface area (Å²) in [6, 6.07) is 21.4. The zero-order chi connectivity index (χ0) is 16.8. The van der Waals surface area contributed by atoms with Gasteiger partial charge in [-0.2, -0.15) is 0 Å². The molecule has 0 atom stereocenters. The van der Waals surface area contributed by atoms with Crippen molar-refractivity contribution in [1.82, 2.24) is 4.57 Å². The maximum Gasteiger partial charge on any atom is 0.0543 e. The van der Waals surface area contributed by atoms with E-state index in [2.05, 4.69) is 91.6 Å². The van der Waals surface area contributed by atoms with E-state index in [1.807, 2.05) is 12.1 Å². The molecule has 0 saturated carbocycles. The lowest BCUT2D eigenvalue weighted by atomic mass is 10.1. The molecule has 0 spiro atoms. The third-order valence-corrected chi connectivity index (χ3v) is 5.21. The number of aromatic nitrogens is 1. The number of rotatable bonds is 2. The van der Waals surface area contributed by atoms with Crippen LogP contribution < -0.4 is 4.90 Å². The first-order valence-corrected chi connectivity index (χ1v) is 8.52. The second-order valence-corrected chi connectivity index (χ2v) is 6.76. The van der Waals surface area contributed by atoms with Crippen molar-refractivity contribution in [3.05, 3.63) is 66.2 Å². The number of anilines is 2. The van der Waals surface area contributed by atoms with Gasteiger partial charge in [-0.05, 0) is 42.8 Å². The van der Waals surface area contributed by atoms with E-state index >= 15 is 0 Å². The molecule has 1 aromatic heterocycles. The quantitative estimate of drug-likeness (QED) is 0.463. The van der Waals surface area contributed by atoms with Gasteiger partial charge in [0.15, 0.2) is 0 Å². The fourth-order valence-corrected chi connectivity index (χ4v) is 3.85. The van der Waals surface area contributed by atoms with Gasteiger partial charge in [-0.25, -0.2) is 0 Å². The van der Waals surface area contributed by atoms with Gasteiger partial charge in [0.1, 0.15) is 0 Å². The van der Waals surface area contributed by atoms with Gasteiger partial charge in [-0.1, -0.05) is 30.3 Å². The van der Waals surface area contributed by atoms with Gasteiger partial charge in [-0.15, -0.1) is 12.6 Å². The van der Waals surface area contributed by atoms with Crippen LogP contribution in [-0.4, -0.2) is 11.6 Å². The lowest BCUT2D eigenvalue weighted by Crippen LogP contribution is -2.11. The van der Waals surface area contributed by atoms with E-state index in [0.29, 0.717) is 0 Å². The minimum Gasteiger partial charge on any atom is -0.344 e. The Balaban J connectivity index is 1.98. The molecule has 0 amide bonds. The third kappa shape index (κ3) is 2.20. The van der Waals surface area contributed by atoms with E-state index < -0.39 is 0 Å². The monoisotopic (exact) mass is 332 g/mol. The number of benzene rings is 3. The van der Waals surface area contributed by atoms with Gasteiger partial charge in [0.2, 0.25) is 0 Å². The van der Waals surface area contributed by atoms with Crippen molar-refractivity contribution < 1.29 is 0 Å². The van der Waals surface area contributed by atoms with Crippen LogP contribution in [0.25, 0.3) is 21.8 Å². The highest BCUT2D eigenvalue weighted by Gasteiger charge is 2.14. The van der Waals surface area contributed by atoms with Crippen molar-refractivity contribution in [3.63, 3.8) is 0 Å². The normalized spacial score (nSPS) is 11.3. The molecule has 0 saturated heterocycles. The highest BCUT2D eigenvalue weighted by molar-refractivity contribution is 7.80. The summed E-state index contributed by atoms with van der Waals surface area (Å²) in [7, 11) is 4.24. The minimum atomic E-state index is 0.984. The van der Waals surface area contributed by atoms with Crippen LogP contribution in [0.1, 0.15) is 5.56 Å². The summed E-state index contributed by atoms with van der Waals surface area (Å²) in [5.74, 6) is 0. The number of fused-ring (bicyclic) bond motifs is 3. The van der Waals surface area contributed by atoms with Crippen LogP contribution in [0.15, 0.2) is 65.6 Å². The summed E-state index contributed by atoms with van der Waals surface area (Å²) < 4.78 is 2.27. The lowest BCUT2D eigenvalue weighted by Gasteiger charge is -2.23. The molecule has 0 N–H and O–H groups in total. The predicted octanol–water partition coefficient (Wildman–Crippen LogP) is 5.70. The number of nitrogens with zero attached hydrogens (tertiary/aromatic N) is 2. The van der Waals surface area contributed by atoms with Crippen molar-refractivity contribution in [2.24, 2.45) is 7.05 Å². The summed E-state index contributed by atoms with van der Waals surface area (Å²) in [6.07, 6.45) is 0. The van der Waals surface area contributed by atoms with Crippen LogP contribution in [0.3, 0.4) is 0 Å². The molecule has 2 nitrogen and oxygen atoms in total. The zero-order valence-corrected chi connectivity index (χ0v) is 15.0. The van der Waals surface area contributed by atoms with Crippen LogP contribution in [0.2, 0.25) is 0 Å². The molecule has 1 heterocycles. The van der Waals surface area contributed by atoms with Gasteiger partial charge >= 0.3 is 0 Å². The number of hydrogen-bond acceptors (Lipinski definition) is 2. The highest BCUT2D eigenvalue weighted by Crippen LogP contribution is 2.36. The molecule has 4 rings (SSSR count). The summed E-state index contributed by atoms with van der Waals surface area (Å²) >= 11 is 4.61. The highest BCUT2D eigenvalue weighted by atomic mass is 32.1. The molecule has 0 unspecified atom stereocenters. The summed E-state index contributed by atoms with van der Waals surface area (Å²) in [5.41, 5.74) is 6.11. The first-order valence-electron chi connectivity index (χ1n) is 8.07. The Bertz CT molecular complexity index is 1060.